The Balaban J connectivity index is 1.47. The van der Waals surface area contributed by atoms with E-state index >= 15 is 0 Å². The van der Waals surface area contributed by atoms with Crippen molar-refractivity contribution in [3.8, 4) is 5.75 Å². The average molecular weight is 491 g/mol. The Labute approximate surface area is 186 Å². The summed E-state index contributed by atoms with van der Waals surface area (Å²) >= 11 is 8.35. The Morgan fingerprint density at radius 3 is 2.27 bits per heavy atom. The second-order valence-corrected chi connectivity index (χ2v) is 7.82. The van der Waals surface area contributed by atoms with Gasteiger partial charge in [0.25, 0.3) is 11.8 Å². The average Bonchev–Trinajstić information content (AvgIpc) is 3.58. The molecule has 0 bridgehead atoms. The molecule has 0 aliphatic heterocycles. The minimum atomic E-state index is -0.445. The number of halogens is 1. The van der Waals surface area contributed by atoms with Crippen molar-refractivity contribution in [2.45, 2.75) is 12.8 Å². The maximum Gasteiger partial charge on any atom is 0.269 e. The summed E-state index contributed by atoms with van der Waals surface area (Å²) in [6.45, 7) is 0. The molecule has 10 heteroatoms. The fourth-order valence-electron chi connectivity index (χ4n) is 2.49. The lowest BCUT2D eigenvalue weighted by atomic mass is 10.2. The quantitative estimate of drug-likeness (QED) is 0.379. The highest BCUT2D eigenvalue weighted by Gasteiger charge is 2.29. The van der Waals surface area contributed by atoms with Gasteiger partial charge in [0.15, 0.2) is 5.11 Å². The SMILES string of the molecule is COc1ccc(C(=O)NC(=S)NNC(=O)c2ccc(NC(=O)C3CC3)cc2)cc1Br. The van der Waals surface area contributed by atoms with Crippen molar-refractivity contribution in [3.05, 3.63) is 58.1 Å². The van der Waals surface area contributed by atoms with E-state index in [0.717, 1.165) is 12.8 Å². The van der Waals surface area contributed by atoms with Gasteiger partial charge in [0.2, 0.25) is 5.91 Å². The minimum Gasteiger partial charge on any atom is -0.496 e. The van der Waals surface area contributed by atoms with Crippen LogP contribution < -0.4 is 26.2 Å². The molecule has 1 fully saturated rings. The zero-order valence-electron chi connectivity index (χ0n) is 16.0. The molecule has 2 aromatic rings. The number of nitrogens with one attached hydrogen (secondary N) is 4. The summed E-state index contributed by atoms with van der Waals surface area (Å²) in [5, 5.41) is 5.21. The number of thiocarbonyl (C=S) groups is 1. The Kier molecular flexibility index (Phi) is 7.01. The molecule has 1 saturated carbocycles. The van der Waals surface area contributed by atoms with E-state index in [1.807, 2.05) is 0 Å². The van der Waals surface area contributed by atoms with Gasteiger partial charge in [-0.05, 0) is 83.5 Å². The van der Waals surface area contributed by atoms with Crippen molar-refractivity contribution in [2.24, 2.45) is 5.92 Å². The smallest absolute Gasteiger partial charge is 0.269 e. The Morgan fingerprint density at radius 2 is 1.67 bits per heavy atom. The van der Waals surface area contributed by atoms with Gasteiger partial charge in [-0.2, -0.15) is 0 Å². The van der Waals surface area contributed by atoms with Gasteiger partial charge in [0, 0.05) is 22.7 Å². The number of carbonyl (C=O) groups is 3. The number of carbonyl (C=O) groups excluding carboxylic acids is 3. The highest BCUT2D eigenvalue weighted by atomic mass is 79.9. The maximum absolute atomic E-state index is 12.3. The van der Waals surface area contributed by atoms with Crippen LogP contribution in [0.2, 0.25) is 0 Å². The first-order chi connectivity index (χ1) is 14.4. The fourth-order valence-corrected chi connectivity index (χ4v) is 3.18. The number of ether oxygens (including phenoxy) is 1. The molecule has 156 valence electrons. The van der Waals surface area contributed by atoms with E-state index < -0.39 is 11.8 Å². The van der Waals surface area contributed by atoms with Crippen LogP contribution >= 0.6 is 28.1 Å². The second kappa shape index (κ2) is 9.68. The van der Waals surface area contributed by atoms with Crippen LogP contribution in [0.15, 0.2) is 46.9 Å². The zero-order valence-corrected chi connectivity index (χ0v) is 18.4. The lowest BCUT2D eigenvalue weighted by Gasteiger charge is -2.12. The molecular weight excluding hydrogens is 472 g/mol. The fraction of sp³-hybridized carbons (Fsp3) is 0.200. The number of hydrogen-bond acceptors (Lipinski definition) is 5. The molecule has 3 amide bonds. The van der Waals surface area contributed by atoms with Gasteiger partial charge in [0.1, 0.15) is 5.75 Å². The first-order valence-corrected chi connectivity index (χ1v) is 10.2. The topological polar surface area (TPSA) is 109 Å². The monoisotopic (exact) mass is 490 g/mol. The molecule has 0 heterocycles. The van der Waals surface area contributed by atoms with Crippen molar-refractivity contribution in [3.63, 3.8) is 0 Å². The molecule has 8 nitrogen and oxygen atoms in total. The third kappa shape index (κ3) is 5.77. The van der Waals surface area contributed by atoms with Crippen LogP contribution in [-0.4, -0.2) is 29.9 Å². The molecule has 0 unspecified atom stereocenters. The summed E-state index contributed by atoms with van der Waals surface area (Å²) in [5.41, 5.74) is 6.25. The van der Waals surface area contributed by atoms with Crippen molar-refractivity contribution >= 4 is 56.7 Å². The van der Waals surface area contributed by atoms with Crippen LogP contribution in [0.25, 0.3) is 0 Å². The Morgan fingerprint density at radius 1 is 1.00 bits per heavy atom. The van der Waals surface area contributed by atoms with Crippen LogP contribution in [0.5, 0.6) is 5.75 Å². The molecule has 0 aromatic heterocycles. The van der Waals surface area contributed by atoms with Gasteiger partial charge in [-0.25, -0.2) is 0 Å². The lowest BCUT2D eigenvalue weighted by molar-refractivity contribution is -0.117. The molecule has 4 N–H and O–H groups in total. The van der Waals surface area contributed by atoms with E-state index in [-0.39, 0.29) is 16.9 Å². The molecule has 0 atom stereocenters. The Hall–Kier alpha value is -2.98. The highest BCUT2D eigenvalue weighted by molar-refractivity contribution is 9.10. The second-order valence-electron chi connectivity index (χ2n) is 6.55. The zero-order chi connectivity index (χ0) is 21.7. The number of hydrazine groups is 1. The predicted octanol–water partition coefficient (Wildman–Crippen LogP) is 2.76. The summed E-state index contributed by atoms with van der Waals surface area (Å²) in [4.78, 5) is 36.2. The summed E-state index contributed by atoms with van der Waals surface area (Å²) in [5.74, 6) is -0.191. The van der Waals surface area contributed by atoms with Crippen molar-refractivity contribution in [1.82, 2.24) is 16.2 Å². The number of anilines is 1. The molecular formula is C20H19BrN4O4S. The molecule has 0 radical (unpaired) electrons. The van der Waals surface area contributed by atoms with E-state index in [9.17, 15) is 14.4 Å². The molecule has 0 spiro atoms. The molecule has 1 aliphatic carbocycles. The van der Waals surface area contributed by atoms with Gasteiger partial charge in [0.05, 0.1) is 11.6 Å². The van der Waals surface area contributed by atoms with Crippen molar-refractivity contribution < 1.29 is 19.1 Å². The summed E-state index contributed by atoms with van der Waals surface area (Å²) in [7, 11) is 1.53. The van der Waals surface area contributed by atoms with Crippen molar-refractivity contribution in [2.75, 3.05) is 12.4 Å². The summed E-state index contributed by atoms with van der Waals surface area (Å²) < 4.78 is 5.75. The van der Waals surface area contributed by atoms with E-state index in [0.29, 0.717) is 27.0 Å². The molecule has 2 aromatic carbocycles. The van der Waals surface area contributed by atoms with Crippen molar-refractivity contribution in [1.29, 1.82) is 0 Å². The van der Waals surface area contributed by atoms with E-state index in [1.165, 1.54) is 7.11 Å². The number of rotatable bonds is 5. The predicted molar refractivity (Wildman–Crippen MR) is 119 cm³/mol. The number of hydrogen-bond donors (Lipinski definition) is 4. The van der Waals surface area contributed by atoms with Crippen LogP contribution in [0.4, 0.5) is 5.69 Å². The maximum atomic E-state index is 12.3. The third-order valence-electron chi connectivity index (χ3n) is 4.29. The molecule has 1 aliphatic rings. The van der Waals surface area contributed by atoms with Crippen LogP contribution in [0.1, 0.15) is 33.6 Å². The van der Waals surface area contributed by atoms with Gasteiger partial charge in [-0.15, -0.1) is 0 Å². The number of methoxy groups -OCH3 is 1. The normalized spacial score (nSPS) is 12.5. The highest BCUT2D eigenvalue weighted by Crippen LogP contribution is 2.30. The number of amides is 3. The molecule has 0 saturated heterocycles. The Bertz CT molecular complexity index is 993. The first-order valence-electron chi connectivity index (χ1n) is 9.03. The standard InChI is InChI=1S/C20H19BrN4O4S/c1-29-16-9-6-13(10-15(16)21)18(27)23-20(30)25-24-19(28)12-4-7-14(8-5-12)22-17(26)11-2-3-11/h4-11H,2-3H2,1H3,(H,22,26)(H,24,28)(H2,23,25,27,30). The van der Waals surface area contributed by atoms with Crippen LogP contribution in [0, 0.1) is 5.92 Å². The van der Waals surface area contributed by atoms with Gasteiger partial charge in [-0.3, -0.25) is 30.6 Å². The summed E-state index contributed by atoms with van der Waals surface area (Å²) in [6, 6.07) is 11.3. The lowest BCUT2D eigenvalue weighted by Crippen LogP contribution is -2.48. The minimum absolute atomic E-state index is 0.00107. The van der Waals surface area contributed by atoms with Gasteiger partial charge in [-0.1, -0.05) is 0 Å². The molecule has 30 heavy (non-hydrogen) atoms. The van der Waals surface area contributed by atoms with Crippen LogP contribution in [-0.2, 0) is 4.79 Å². The van der Waals surface area contributed by atoms with Crippen LogP contribution in [0.3, 0.4) is 0 Å². The van der Waals surface area contributed by atoms with E-state index in [4.69, 9.17) is 17.0 Å². The van der Waals surface area contributed by atoms with E-state index in [2.05, 4.69) is 37.4 Å². The largest absolute Gasteiger partial charge is 0.496 e. The first kappa shape index (κ1) is 21.7. The van der Waals surface area contributed by atoms with E-state index in [1.54, 1.807) is 42.5 Å². The van der Waals surface area contributed by atoms with Gasteiger partial charge < -0.3 is 10.1 Å². The number of benzene rings is 2. The van der Waals surface area contributed by atoms with Gasteiger partial charge >= 0.3 is 0 Å². The molecule has 3 rings (SSSR count). The third-order valence-corrected chi connectivity index (χ3v) is 5.12. The summed E-state index contributed by atoms with van der Waals surface area (Å²) in [6.07, 6.45) is 1.84.